The Balaban J connectivity index is 1.53. The quantitative estimate of drug-likeness (QED) is 0.857. The third-order valence-electron chi connectivity index (χ3n) is 3.26. The van der Waals surface area contributed by atoms with Crippen LogP contribution in [0.4, 0.5) is 0 Å². The molecule has 1 aromatic heterocycles. The minimum atomic E-state index is -0.171. The average Bonchev–Trinajstić information content (AvgIpc) is 2.89. The maximum atomic E-state index is 12.0. The molecular weight excluding hydrogens is 270 g/mol. The molecule has 21 heavy (non-hydrogen) atoms. The number of nitriles is 1. The van der Waals surface area contributed by atoms with Gasteiger partial charge in [0.05, 0.1) is 30.4 Å². The van der Waals surface area contributed by atoms with E-state index in [9.17, 15) is 4.79 Å². The van der Waals surface area contributed by atoms with Crippen LogP contribution in [0, 0.1) is 18.3 Å². The Kier molecular flexibility index (Phi) is 3.32. The van der Waals surface area contributed by atoms with E-state index in [-0.39, 0.29) is 17.8 Å². The number of nitrogens with zero attached hydrogens (tertiary/aromatic N) is 3. The molecule has 0 radical (unpaired) electrons. The van der Waals surface area contributed by atoms with Crippen molar-refractivity contribution in [3.8, 4) is 11.8 Å². The van der Waals surface area contributed by atoms with Crippen LogP contribution in [0.5, 0.6) is 5.75 Å². The molecule has 1 amide bonds. The second-order valence-electron chi connectivity index (χ2n) is 4.92. The number of hydrogen-bond acceptors (Lipinski definition) is 5. The fourth-order valence-electron chi connectivity index (χ4n) is 2.10. The molecule has 0 aliphatic carbocycles. The van der Waals surface area contributed by atoms with Gasteiger partial charge < -0.3 is 14.2 Å². The Bertz CT molecular complexity index is 694. The van der Waals surface area contributed by atoms with Crippen LogP contribution in [0.1, 0.15) is 21.8 Å². The molecular formula is C15H13N3O3. The summed E-state index contributed by atoms with van der Waals surface area (Å²) in [6.45, 7) is 2.80. The van der Waals surface area contributed by atoms with Gasteiger partial charge in [-0.15, -0.1) is 0 Å². The molecule has 1 fully saturated rings. The summed E-state index contributed by atoms with van der Waals surface area (Å²) < 4.78 is 10.7. The Morgan fingerprint density at radius 3 is 2.71 bits per heavy atom. The lowest BCUT2D eigenvalue weighted by Gasteiger charge is -2.38. The first-order chi connectivity index (χ1) is 10.2. The van der Waals surface area contributed by atoms with Crippen molar-refractivity contribution >= 4 is 5.91 Å². The predicted molar refractivity (Wildman–Crippen MR) is 72.7 cm³/mol. The fourth-order valence-corrected chi connectivity index (χ4v) is 2.10. The molecule has 0 unspecified atom stereocenters. The maximum Gasteiger partial charge on any atom is 0.292 e. The standard InChI is InChI=1S/C15H13N3O3/c1-10-6-14(21-17-10)15(19)18-8-13(9-18)20-12-4-2-11(7-16)3-5-12/h2-6,13H,8-9H2,1H3. The minimum absolute atomic E-state index is 0.0362. The van der Waals surface area contributed by atoms with Crippen molar-refractivity contribution in [3.63, 3.8) is 0 Å². The van der Waals surface area contributed by atoms with Crippen LogP contribution in [0.25, 0.3) is 0 Å². The largest absolute Gasteiger partial charge is 0.487 e. The molecule has 6 nitrogen and oxygen atoms in total. The SMILES string of the molecule is Cc1cc(C(=O)N2CC(Oc3ccc(C#N)cc3)C2)on1. The van der Waals surface area contributed by atoms with Crippen molar-refractivity contribution in [2.75, 3.05) is 13.1 Å². The summed E-state index contributed by atoms with van der Waals surface area (Å²) in [5.41, 5.74) is 1.28. The molecule has 1 aromatic carbocycles. The molecule has 0 saturated carbocycles. The fraction of sp³-hybridized carbons (Fsp3) is 0.267. The number of amides is 1. The lowest BCUT2D eigenvalue weighted by molar-refractivity contribution is 0.0149. The van der Waals surface area contributed by atoms with Gasteiger partial charge >= 0.3 is 0 Å². The van der Waals surface area contributed by atoms with E-state index in [1.165, 1.54) is 0 Å². The summed E-state index contributed by atoms with van der Waals surface area (Å²) in [6.07, 6.45) is -0.0362. The van der Waals surface area contributed by atoms with Crippen LogP contribution in [0.3, 0.4) is 0 Å². The summed E-state index contributed by atoms with van der Waals surface area (Å²) >= 11 is 0. The highest BCUT2D eigenvalue weighted by Gasteiger charge is 2.34. The number of hydrogen-bond donors (Lipinski definition) is 0. The average molecular weight is 283 g/mol. The van der Waals surface area contributed by atoms with E-state index in [0.29, 0.717) is 30.1 Å². The Labute approximate surface area is 121 Å². The van der Waals surface area contributed by atoms with E-state index in [1.54, 1.807) is 42.2 Å². The van der Waals surface area contributed by atoms with Crippen LogP contribution in [0.15, 0.2) is 34.9 Å². The van der Waals surface area contributed by atoms with Crippen molar-refractivity contribution in [1.29, 1.82) is 5.26 Å². The second-order valence-corrected chi connectivity index (χ2v) is 4.92. The molecule has 0 spiro atoms. The van der Waals surface area contributed by atoms with Gasteiger partial charge in [0.1, 0.15) is 11.9 Å². The highest BCUT2D eigenvalue weighted by Crippen LogP contribution is 2.20. The summed E-state index contributed by atoms with van der Waals surface area (Å²) in [5.74, 6) is 0.779. The van der Waals surface area contributed by atoms with Crippen LogP contribution in [-0.2, 0) is 0 Å². The number of aromatic nitrogens is 1. The van der Waals surface area contributed by atoms with Crippen molar-refractivity contribution in [3.05, 3.63) is 47.3 Å². The zero-order valence-electron chi connectivity index (χ0n) is 11.4. The van der Waals surface area contributed by atoms with Crippen molar-refractivity contribution in [2.24, 2.45) is 0 Å². The number of carbonyl (C=O) groups excluding carboxylic acids is 1. The van der Waals surface area contributed by atoms with Gasteiger partial charge in [-0.25, -0.2) is 0 Å². The minimum Gasteiger partial charge on any atom is -0.487 e. The van der Waals surface area contributed by atoms with E-state index < -0.39 is 0 Å². The number of ether oxygens (including phenoxy) is 1. The first-order valence-corrected chi connectivity index (χ1v) is 6.55. The maximum absolute atomic E-state index is 12.0. The van der Waals surface area contributed by atoms with Gasteiger partial charge in [-0.2, -0.15) is 5.26 Å². The molecule has 1 aliphatic rings. The molecule has 6 heteroatoms. The van der Waals surface area contributed by atoms with Crippen LogP contribution >= 0.6 is 0 Å². The normalized spacial score (nSPS) is 14.4. The highest BCUT2D eigenvalue weighted by molar-refractivity contribution is 5.92. The van der Waals surface area contributed by atoms with E-state index in [2.05, 4.69) is 11.2 Å². The van der Waals surface area contributed by atoms with Gasteiger partial charge in [0.25, 0.3) is 5.91 Å². The zero-order chi connectivity index (χ0) is 14.8. The Morgan fingerprint density at radius 1 is 1.43 bits per heavy atom. The van der Waals surface area contributed by atoms with E-state index in [4.69, 9.17) is 14.5 Å². The smallest absolute Gasteiger partial charge is 0.292 e. The number of rotatable bonds is 3. The van der Waals surface area contributed by atoms with Crippen LogP contribution in [-0.4, -0.2) is 35.2 Å². The number of benzene rings is 1. The van der Waals surface area contributed by atoms with Gasteiger partial charge in [0.2, 0.25) is 5.76 Å². The third kappa shape index (κ3) is 2.72. The molecule has 2 heterocycles. The molecule has 0 bridgehead atoms. The van der Waals surface area contributed by atoms with Crippen LogP contribution in [0.2, 0.25) is 0 Å². The van der Waals surface area contributed by atoms with Gasteiger partial charge in [-0.05, 0) is 31.2 Å². The number of likely N-dealkylation sites (tertiary alicyclic amines) is 1. The summed E-state index contributed by atoms with van der Waals surface area (Å²) in [4.78, 5) is 13.7. The number of aryl methyl sites for hydroxylation is 1. The topological polar surface area (TPSA) is 79.4 Å². The van der Waals surface area contributed by atoms with E-state index >= 15 is 0 Å². The highest BCUT2D eigenvalue weighted by atomic mass is 16.5. The van der Waals surface area contributed by atoms with Crippen molar-refractivity contribution < 1.29 is 14.1 Å². The molecule has 2 aromatic rings. The summed E-state index contributed by atoms with van der Waals surface area (Å²) in [7, 11) is 0. The lowest BCUT2D eigenvalue weighted by atomic mass is 10.1. The molecule has 3 rings (SSSR count). The predicted octanol–water partition coefficient (Wildman–Crippen LogP) is 1.76. The zero-order valence-corrected chi connectivity index (χ0v) is 11.4. The second kappa shape index (κ2) is 5.29. The first-order valence-electron chi connectivity index (χ1n) is 6.55. The van der Waals surface area contributed by atoms with E-state index in [1.807, 2.05) is 0 Å². The molecule has 106 valence electrons. The van der Waals surface area contributed by atoms with Crippen molar-refractivity contribution in [2.45, 2.75) is 13.0 Å². The number of carbonyl (C=O) groups is 1. The summed E-state index contributed by atoms with van der Waals surface area (Å²) in [5, 5.41) is 12.4. The Hall–Kier alpha value is -2.81. The monoisotopic (exact) mass is 283 g/mol. The first kappa shape index (κ1) is 13.2. The molecule has 0 N–H and O–H groups in total. The van der Waals surface area contributed by atoms with Gasteiger partial charge in [0, 0.05) is 6.07 Å². The third-order valence-corrected chi connectivity index (χ3v) is 3.26. The Morgan fingerprint density at radius 2 is 2.14 bits per heavy atom. The molecule has 0 atom stereocenters. The molecule has 1 saturated heterocycles. The van der Waals surface area contributed by atoms with Crippen LogP contribution < -0.4 is 4.74 Å². The van der Waals surface area contributed by atoms with Gasteiger partial charge in [0.15, 0.2) is 0 Å². The van der Waals surface area contributed by atoms with Crippen molar-refractivity contribution in [1.82, 2.24) is 10.1 Å². The molecule has 1 aliphatic heterocycles. The summed E-state index contributed by atoms with van der Waals surface area (Å²) in [6, 6.07) is 10.6. The van der Waals surface area contributed by atoms with Gasteiger partial charge in [-0.1, -0.05) is 5.16 Å². The lowest BCUT2D eigenvalue weighted by Crippen LogP contribution is -2.56. The van der Waals surface area contributed by atoms with E-state index in [0.717, 1.165) is 0 Å². The van der Waals surface area contributed by atoms with Gasteiger partial charge in [-0.3, -0.25) is 4.79 Å².